The van der Waals surface area contributed by atoms with Crippen LogP contribution < -0.4 is 0 Å². The molecular formula is C44H27N5O. The van der Waals surface area contributed by atoms with E-state index < -0.39 is 0 Å². The van der Waals surface area contributed by atoms with E-state index in [0.29, 0.717) is 0 Å². The van der Waals surface area contributed by atoms with Crippen molar-refractivity contribution < 1.29 is 4.42 Å². The summed E-state index contributed by atoms with van der Waals surface area (Å²) < 4.78 is 9.16. The largest absolute Gasteiger partial charge is 0.437 e. The average Bonchev–Trinajstić information content (AvgIpc) is 3.74. The number of pyridine rings is 4. The van der Waals surface area contributed by atoms with Crippen molar-refractivity contribution >= 4 is 43.9 Å². The van der Waals surface area contributed by atoms with Gasteiger partial charge in [0.2, 0.25) is 5.71 Å². The van der Waals surface area contributed by atoms with E-state index in [4.69, 9.17) is 14.4 Å². The summed E-state index contributed by atoms with van der Waals surface area (Å²) in [5.74, 6) is 0. The topological polar surface area (TPSA) is 69.6 Å². The normalized spacial score (nSPS) is 11.6. The smallest absolute Gasteiger partial charge is 0.213 e. The van der Waals surface area contributed by atoms with Crippen LogP contribution in [0, 0.1) is 0 Å². The van der Waals surface area contributed by atoms with Crippen molar-refractivity contribution in [2.24, 2.45) is 0 Å². The Kier molecular flexibility index (Phi) is 6.39. The molecule has 6 aromatic heterocycles. The van der Waals surface area contributed by atoms with Crippen molar-refractivity contribution in [2.45, 2.75) is 0 Å². The highest BCUT2D eigenvalue weighted by atomic mass is 16.3. The second-order valence-corrected chi connectivity index (χ2v) is 12.3. The van der Waals surface area contributed by atoms with Gasteiger partial charge in [-0.25, -0.2) is 9.97 Å². The van der Waals surface area contributed by atoms with Gasteiger partial charge in [0.25, 0.3) is 0 Å². The molecule has 0 aliphatic rings. The number of furan rings is 1. The van der Waals surface area contributed by atoms with Crippen molar-refractivity contribution in [3.8, 4) is 50.8 Å². The van der Waals surface area contributed by atoms with Gasteiger partial charge < -0.3 is 4.42 Å². The molecule has 0 aliphatic carbocycles. The quantitative estimate of drug-likeness (QED) is 0.187. The van der Waals surface area contributed by atoms with Crippen LogP contribution >= 0.6 is 0 Å². The number of aromatic nitrogens is 5. The fraction of sp³-hybridized carbons (Fsp3) is 0. The van der Waals surface area contributed by atoms with Crippen molar-refractivity contribution in [1.29, 1.82) is 0 Å². The summed E-state index contributed by atoms with van der Waals surface area (Å²) >= 11 is 0. The van der Waals surface area contributed by atoms with Gasteiger partial charge >= 0.3 is 0 Å². The molecule has 0 aliphatic heterocycles. The molecule has 6 nitrogen and oxygen atoms in total. The summed E-state index contributed by atoms with van der Waals surface area (Å²) in [4.78, 5) is 19.2. The van der Waals surface area contributed by atoms with Gasteiger partial charge in [0.15, 0.2) is 5.58 Å². The van der Waals surface area contributed by atoms with Gasteiger partial charge in [-0.3, -0.25) is 14.5 Å². The zero-order valence-electron chi connectivity index (χ0n) is 26.7. The maximum Gasteiger partial charge on any atom is 0.213 e. The fourth-order valence-corrected chi connectivity index (χ4v) is 7.03. The third-order valence-corrected chi connectivity index (χ3v) is 9.31. The molecular weight excluding hydrogens is 615 g/mol. The number of hydrogen-bond acceptors (Lipinski definition) is 5. The lowest BCUT2D eigenvalue weighted by atomic mass is 10.0. The predicted molar refractivity (Wildman–Crippen MR) is 201 cm³/mol. The van der Waals surface area contributed by atoms with E-state index in [2.05, 4.69) is 106 Å². The molecule has 0 unspecified atom stereocenters. The first kappa shape index (κ1) is 28.1. The van der Waals surface area contributed by atoms with Crippen molar-refractivity contribution in [3.05, 3.63) is 164 Å². The Morgan fingerprint density at radius 1 is 0.460 bits per heavy atom. The Hall–Kier alpha value is -6.92. The van der Waals surface area contributed by atoms with E-state index in [1.807, 2.05) is 60.7 Å². The van der Waals surface area contributed by atoms with Crippen LogP contribution in [0.3, 0.4) is 0 Å². The average molecular weight is 642 g/mol. The first-order valence-corrected chi connectivity index (χ1v) is 16.6. The second-order valence-electron chi connectivity index (χ2n) is 12.3. The minimum Gasteiger partial charge on any atom is -0.437 e. The minimum atomic E-state index is 0.789. The second kappa shape index (κ2) is 11.4. The Bertz CT molecular complexity index is 2780. The molecule has 10 rings (SSSR count). The minimum absolute atomic E-state index is 0.789. The fourth-order valence-electron chi connectivity index (χ4n) is 7.03. The molecule has 0 radical (unpaired) electrons. The molecule has 0 fully saturated rings. The third kappa shape index (κ3) is 4.50. The van der Waals surface area contributed by atoms with Gasteiger partial charge in [0.1, 0.15) is 5.69 Å². The molecule has 0 amide bonds. The van der Waals surface area contributed by atoms with E-state index in [-0.39, 0.29) is 0 Å². The number of nitrogens with zero attached hydrogens (tertiary/aromatic N) is 5. The van der Waals surface area contributed by atoms with Gasteiger partial charge in [-0.2, -0.15) is 0 Å². The summed E-state index contributed by atoms with van der Waals surface area (Å²) in [6, 6.07) is 51.7. The molecule has 234 valence electrons. The van der Waals surface area contributed by atoms with Crippen LogP contribution in [-0.2, 0) is 0 Å². The van der Waals surface area contributed by atoms with Crippen molar-refractivity contribution in [1.82, 2.24) is 24.5 Å². The van der Waals surface area contributed by atoms with E-state index >= 15 is 0 Å². The molecule has 0 saturated heterocycles. The van der Waals surface area contributed by atoms with E-state index in [1.54, 1.807) is 12.4 Å². The van der Waals surface area contributed by atoms with E-state index in [9.17, 15) is 0 Å². The lowest BCUT2D eigenvalue weighted by Gasteiger charge is -2.11. The Morgan fingerprint density at radius 3 is 1.80 bits per heavy atom. The van der Waals surface area contributed by atoms with Crippen LogP contribution in [0.25, 0.3) is 94.7 Å². The van der Waals surface area contributed by atoms with Crippen LogP contribution in [0.15, 0.2) is 168 Å². The van der Waals surface area contributed by atoms with Crippen LogP contribution in [0.1, 0.15) is 0 Å². The van der Waals surface area contributed by atoms with Crippen molar-refractivity contribution in [3.63, 3.8) is 0 Å². The number of fused-ring (bicyclic) bond motifs is 7. The number of benzene rings is 4. The molecule has 0 bridgehead atoms. The molecule has 0 atom stereocenters. The number of hydrogen-bond donors (Lipinski definition) is 0. The Balaban J connectivity index is 1.18. The van der Waals surface area contributed by atoms with Crippen LogP contribution in [0.5, 0.6) is 0 Å². The van der Waals surface area contributed by atoms with Crippen LogP contribution in [0.4, 0.5) is 0 Å². The van der Waals surface area contributed by atoms with E-state index in [1.165, 1.54) is 0 Å². The SMILES string of the molecule is c1ccc(-c2nc3ccccc3c3c2oc2c3c3ccccc3n2-c2ccc(-c3cc(-c4ccccn4)nc(-c4ccccn4)c3)cc2)cc1. The molecule has 0 N–H and O–H groups in total. The van der Waals surface area contributed by atoms with Gasteiger partial charge in [-0.1, -0.05) is 91.0 Å². The monoisotopic (exact) mass is 641 g/mol. The zero-order chi connectivity index (χ0) is 33.0. The summed E-state index contributed by atoms with van der Waals surface area (Å²) in [7, 11) is 0. The van der Waals surface area contributed by atoms with Gasteiger partial charge in [0, 0.05) is 39.8 Å². The standard InChI is InChI=1S/C44H27N5O/c1-2-12-29(13-3-1)42-43-40(32-14-4-6-16-34(32)48-42)41-33-15-5-7-19-39(33)49(44(41)50-43)31-22-20-28(21-23-31)30-26-37(35-17-8-10-24-45-35)47-38(27-30)36-18-9-11-25-46-36/h1-27H. The Morgan fingerprint density at radius 2 is 1.10 bits per heavy atom. The van der Waals surface area contributed by atoms with Crippen molar-refractivity contribution in [2.75, 3.05) is 0 Å². The van der Waals surface area contributed by atoms with Crippen LogP contribution in [0.2, 0.25) is 0 Å². The molecule has 50 heavy (non-hydrogen) atoms. The van der Waals surface area contributed by atoms with Gasteiger partial charge in [-0.05, 0) is 71.8 Å². The zero-order valence-corrected chi connectivity index (χ0v) is 26.7. The van der Waals surface area contributed by atoms with E-state index in [0.717, 1.165) is 94.7 Å². The Labute approximate surface area is 287 Å². The molecule has 4 aromatic carbocycles. The summed E-state index contributed by atoms with van der Waals surface area (Å²) in [6.07, 6.45) is 3.58. The lowest BCUT2D eigenvalue weighted by molar-refractivity contribution is 0.645. The third-order valence-electron chi connectivity index (χ3n) is 9.31. The molecule has 6 heteroatoms. The number of rotatable bonds is 5. The maximum atomic E-state index is 6.94. The highest BCUT2D eigenvalue weighted by Crippen LogP contribution is 2.44. The first-order valence-electron chi connectivity index (χ1n) is 16.6. The summed E-state index contributed by atoms with van der Waals surface area (Å²) in [5.41, 5.74) is 11.8. The molecule has 0 saturated carbocycles. The summed E-state index contributed by atoms with van der Waals surface area (Å²) in [5, 5.41) is 4.38. The molecule has 6 heterocycles. The maximum absolute atomic E-state index is 6.94. The highest BCUT2D eigenvalue weighted by molar-refractivity contribution is 6.28. The lowest BCUT2D eigenvalue weighted by Crippen LogP contribution is -1.95. The number of para-hydroxylation sites is 2. The molecule has 10 aromatic rings. The van der Waals surface area contributed by atoms with Gasteiger partial charge in [-0.15, -0.1) is 0 Å². The predicted octanol–water partition coefficient (Wildman–Crippen LogP) is 10.9. The highest BCUT2D eigenvalue weighted by Gasteiger charge is 2.24. The first-order chi connectivity index (χ1) is 24.8. The summed E-state index contributed by atoms with van der Waals surface area (Å²) in [6.45, 7) is 0. The molecule has 0 spiro atoms. The van der Waals surface area contributed by atoms with Crippen LogP contribution in [-0.4, -0.2) is 24.5 Å². The van der Waals surface area contributed by atoms with Gasteiger partial charge in [0.05, 0.1) is 39.2 Å².